The smallest absolute Gasteiger partial charge is 0.269 e. The van der Waals surface area contributed by atoms with Crippen LogP contribution < -0.4 is 5.73 Å². The van der Waals surface area contributed by atoms with Crippen LogP contribution in [0.4, 0.5) is 5.69 Å². The molecule has 5 heteroatoms. The molecule has 1 heterocycles. The molecule has 0 atom stereocenters. The van der Waals surface area contributed by atoms with Gasteiger partial charge >= 0.3 is 0 Å². The molecule has 0 amide bonds. The molecule has 0 spiro atoms. The van der Waals surface area contributed by atoms with Gasteiger partial charge in [0, 0.05) is 36.9 Å². The molecule has 3 aromatic rings. The van der Waals surface area contributed by atoms with E-state index in [1.807, 2.05) is 30.5 Å². The minimum atomic E-state index is -0.371. The summed E-state index contributed by atoms with van der Waals surface area (Å²) >= 11 is 0. The van der Waals surface area contributed by atoms with Gasteiger partial charge in [-0.15, -0.1) is 0 Å². The number of rotatable bonds is 4. The Morgan fingerprint density at radius 3 is 2.71 bits per heavy atom. The van der Waals surface area contributed by atoms with Crippen LogP contribution in [-0.2, 0) is 13.1 Å². The molecule has 3 rings (SSSR count). The van der Waals surface area contributed by atoms with Gasteiger partial charge in [0.15, 0.2) is 0 Å². The summed E-state index contributed by atoms with van der Waals surface area (Å²) in [6.45, 7) is 1.09. The quantitative estimate of drug-likeness (QED) is 0.590. The summed E-state index contributed by atoms with van der Waals surface area (Å²) in [5.74, 6) is 0. The van der Waals surface area contributed by atoms with Gasteiger partial charge in [-0.2, -0.15) is 0 Å². The van der Waals surface area contributed by atoms with Crippen LogP contribution in [0.3, 0.4) is 0 Å². The van der Waals surface area contributed by atoms with Gasteiger partial charge < -0.3 is 10.3 Å². The first-order valence-electron chi connectivity index (χ1n) is 6.68. The molecule has 21 heavy (non-hydrogen) atoms. The highest BCUT2D eigenvalue weighted by molar-refractivity contribution is 5.81. The second-order valence-electron chi connectivity index (χ2n) is 4.97. The number of fused-ring (bicyclic) bond motifs is 1. The highest BCUT2D eigenvalue weighted by Gasteiger charge is 2.07. The molecular weight excluding hydrogens is 266 g/mol. The predicted molar refractivity (Wildman–Crippen MR) is 82.0 cm³/mol. The Bertz CT molecular complexity index is 808. The van der Waals surface area contributed by atoms with Gasteiger partial charge in [-0.05, 0) is 28.6 Å². The Hall–Kier alpha value is -2.66. The van der Waals surface area contributed by atoms with Gasteiger partial charge in [0.1, 0.15) is 0 Å². The molecular formula is C16H15N3O2. The van der Waals surface area contributed by atoms with Crippen LogP contribution in [0.1, 0.15) is 11.1 Å². The van der Waals surface area contributed by atoms with Gasteiger partial charge in [0.2, 0.25) is 0 Å². The lowest BCUT2D eigenvalue weighted by Gasteiger charge is -2.07. The second-order valence-corrected chi connectivity index (χ2v) is 4.97. The fourth-order valence-corrected chi connectivity index (χ4v) is 2.46. The van der Waals surface area contributed by atoms with Crippen molar-refractivity contribution >= 4 is 16.6 Å². The predicted octanol–water partition coefficient (Wildman–Crippen LogP) is 3.06. The molecule has 0 aliphatic heterocycles. The van der Waals surface area contributed by atoms with E-state index in [1.165, 1.54) is 6.07 Å². The standard InChI is InChI=1S/C16H15N3O2/c17-10-12-4-5-14-6-7-18(16(14)9-12)11-13-2-1-3-15(8-13)19(20)21/h1-9H,10-11,17H2. The molecule has 0 bridgehead atoms. The van der Waals surface area contributed by atoms with Gasteiger partial charge in [-0.1, -0.05) is 24.3 Å². The van der Waals surface area contributed by atoms with Crippen LogP contribution in [-0.4, -0.2) is 9.49 Å². The minimum Gasteiger partial charge on any atom is -0.343 e. The monoisotopic (exact) mass is 281 g/mol. The highest BCUT2D eigenvalue weighted by Crippen LogP contribution is 2.20. The number of nitro groups is 1. The van der Waals surface area contributed by atoms with E-state index in [9.17, 15) is 10.1 Å². The SMILES string of the molecule is NCc1ccc2ccn(Cc3cccc([N+](=O)[O-])c3)c2c1. The molecule has 0 radical (unpaired) electrons. The van der Waals surface area contributed by atoms with Crippen LogP contribution in [0.2, 0.25) is 0 Å². The van der Waals surface area contributed by atoms with E-state index in [1.54, 1.807) is 12.1 Å². The van der Waals surface area contributed by atoms with Crippen molar-refractivity contribution in [3.8, 4) is 0 Å². The Kier molecular flexibility index (Phi) is 3.41. The highest BCUT2D eigenvalue weighted by atomic mass is 16.6. The van der Waals surface area contributed by atoms with E-state index in [2.05, 4.69) is 10.6 Å². The van der Waals surface area contributed by atoms with Gasteiger partial charge in [-0.25, -0.2) is 0 Å². The number of aromatic nitrogens is 1. The molecule has 0 aliphatic rings. The third-order valence-corrected chi connectivity index (χ3v) is 3.55. The molecule has 0 fully saturated rings. The van der Waals surface area contributed by atoms with E-state index < -0.39 is 0 Å². The molecule has 1 aromatic heterocycles. The first-order valence-corrected chi connectivity index (χ1v) is 6.68. The minimum absolute atomic E-state index is 0.117. The molecule has 2 aromatic carbocycles. The lowest BCUT2D eigenvalue weighted by atomic mass is 10.1. The molecule has 0 saturated heterocycles. The normalized spacial score (nSPS) is 10.9. The molecule has 106 valence electrons. The van der Waals surface area contributed by atoms with Crippen LogP contribution >= 0.6 is 0 Å². The van der Waals surface area contributed by atoms with Gasteiger partial charge in [0.05, 0.1) is 4.92 Å². The fourth-order valence-electron chi connectivity index (χ4n) is 2.46. The lowest BCUT2D eigenvalue weighted by molar-refractivity contribution is -0.384. The lowest BCUT2D eigenvalue weighted by Crippen LogP contribution is -2.00. The third kappa shape index (κ3) is 2.64. The first-order chi connectivity index (χ1) is 10.2. The number of benzene rings is 2. The number of nitrogens with zero attached hydrogens (tertiary/aromatic N) is 2. The third-order valence-electron chi connectivity index (χ3n) is 3.55. The van der Waals surface area contributed by atoms with Crippen LogP contribution in [0.5, 0.6) is 0 Å². The van der Waals surface area contributed by atoms with Crippen molar-refractivity contribution in [3.63, 3.8) is 0 Å². The largest absolute Gasteiger partial charge is 0.343 e. The molecule has 0 saturated carbocycles. The average molecular weight is 281 g/mol. The van der Waals surface area contributed by atoms with E-state index in [4.69, 9.17) is 5.73 Å². The topological polar surface area (TPSA) is 74.1 Å². The fraction of sp³-hybridized carbons (Fsp3) is 0.125. The summed E-state index contributed by atoms with van der Waals surface area (Å²) in [4.78, 5) is 10.5. The zero-order valence-electron chi connectivity index (χ0n) is 11.4. The van der Waals surface area contributed by atoms with Crippen LogP contribution in [0.15, 0.2) is 54.7 Å². The summed E-state index contributed by atoms with van der Waals surface area (Å²) in [7, 11) is 0. The Labute approximate surface area is 121 Å². The van der Waals surface area contributed by atoms with Gasteiger partial charge in [0.25, 0.3) is 5.69 Å². The number of hydrogen-bond donors (Lipinski definition) is 1. The van der Waals surface area contributed by atoms with Crippen molar-refractivity contribution in [1.29, 1.82) is 0 Å². The molecule has 5 nitrogen and oxygen atoms in total. The molecule has 0 aliphatic carbocycles. The first kappa shape index (κ1) is 13.3. The van der Waals surface area contributed by atoms with Crippen molar-refractivity contribution in [3.05, 3.63) is 76.0 Å². The maximum absolute atomic E-state index is 10.8. The van der Waals surface area contributed by atoms with Crippen molar-refractivity contribution in [2.45, 2.75) is 13.1 Å². The van der Waals surface area contributed by atoms with Crippen molar-refractivity contribution < 1.29 is 4.92 Å². The second kappa shape index (κ2) is 5.38. The summed E-state index contributed by atoms with van der Waals surface area (Å²) in [5.41, 5.74) is 8.86. The zero-order valence-corrected chi connectivity index (χ0v) is 11.4. The maximum atomic E-state index is 10.8. The van der Waals surface area contributed by atoms with Crippen molar-refractivity contribution in [2.75, 3.05) is 0 Å². The van der Waals surface area contributed by atoms with Crippen molar-refractivity contribution in [1.82, 2.24) is 4.57 Å². The molecule has 0 unspecified atom stereocenters. The number of hydrogen-bond acceptors (Lipinski definition) is 3. The Morgan fingerprint density at radius 1 is 1.10 bits per heavy atom. The number of non-ortho nitro benzene ring substituents is 1. The van der Waals surface area contributed by atoms with E-state index >= 15 is 0 Å². The van der Waals surface area contributed by atoms with Gasteiger partial charge in [-0.3, -0.25) is 10.1 Å². The maximum Gasteiger partial charge on any atom is 0.269 e. The van der Waals surface area contributed by atoms with E-state index in [-0.39, 0.29) is 10.6 Å². The van der Waals surface area contributed by atoms with Crippen LogP contribution in [0, 0.1) is 10.1 Å². The zero-order chi connectivity index (χ0) is 14.8. The average Bonchev–Trinajstić information content (AvgIpc) is 2.89. The number of nitro benzene ring substituents is 1. The number of nitrogens with two attached hydrogens (primary N) is 1. The van der Waals surface area contributed by atoms with E-state index in [0.717, 1.165) is 22.0 Å². The molecule has 2 N–H and O–H groups in total. The Balaban J connectivity index is 1.98. The summed E-state index contributed by atoms with van der Waals surface area (Å²) in [5, 5.41) is 12.0. The summed E-state index contributed by atoms with van der Waals surface area (Å²) < 4.78 is 2.08. The van der Waals surface area contributed by atoms with E-state index in [0.29, 0.717) is 13.1 Å². The van der Waals surface area contributed by atoms with Crippen LogP contribution in [0.25, 0.3) is 10.9 Å². The summed E-state index contributed by atoms with van der Waals surface area (Å²) in [6, 6.07) is 14.9. The summed E-state index contributed by atoms with van der Waals surface area (Å²) in [6.07, 6.45) is 1.99. The van der Waals surface area contributed by atoms with Crippen molar-refractivity contribution in [2.24, 2.45) is 5.73 Å². The Morgan fingerprint density at radius 2 is 1.95 bits per heavy atom.